The van der Waals surface area contributed by atoms with Gasteiger partial charge in [0.25, 0.3) is 5.56 Å². The molecule has 5 nitrogen and oxygen atoms in total. The predicted octanol–water partition coefficient (Wildman–Crippen LogP) is 3.89. The summed E-state index contributed by atoms with van der Waals surface area (Å²) < 4.78 is 25.9. The maximum atomic E-state index is 15.0. The van der Waals surface area contributed by atoms with E-state index < -0.39 is 23.1 Å². The molecule has 1 aliphatic heterocycles. The molecular weight excluding hydrogens is 359 g/mol. The highest BCUT2D eigenvalue weighted by atomic mass is 35.5. The maximum Gasteiger partial charge on any atom is 0.266 e. The van der Waals surface area contributed by atoms with Crippen molar-refractivity contribution in [2.75, 3.05) is 0 Å². The SMILES string of the molecule is Cc1[nH]c(=O)c(C#N)cc1-c1cc(F)c(C2(C3OC=CO3)CC2)c(Cl)c1. The van der Waals surface area contributed by atoms with Gasteiger partial charge in [-0.15, -0.1) is 0 Å². The number of nitriles is 1. The minimum absolute atomic E-state index is 0.0382. The van der Waals surface area contributed by atoms with Gasteiger partial charge in [0.05, 0.1) is 5.41 Å². The first kappa shape index (κ1) is 16.7. The fourth-order valence-corrected chi connectivity index (χ4v) is 3.84. The molecule has 0 bridgehead atoms. The van der Waals surface area contributed by atoms with Gasteiger partial charge in [0.2, 0.25) is 6.29 Å². The second-order valence-electron chi connectivity index (χ2n) is 6.51. The number of aromatic nitrogens is 1. The first-order chi connectivity index (χ1) is 12.5. The van der Waals surface area contributed by atoms with Gasteiger partial charge in [-0.3, -0.25) is 4.79 Å². The highest BCUT2D eigenvalue weighted by molar-refractivity contribution is 6.31. The largest absolute Gasteiger partial charge is 0.458 e. The molecule has 2 aliphatic rings. The van der Waals surface area contributed by atoms with Crippen molar-refractivity contribution in [1.29, 1.82) is 5.26 Å². The number of aryl methyl sites for hydroxylation is 1. The van der Waals surface area contributed by atoms with Crippen molar-refractivity contribution in [3.05, 3.63) is 68.7 Å². The van der Waals surface area contributed by atoms with Crippen LogP contribution in [0.25, 0.3) is 11.1 Å². The summed E-state index contributed by atoms with van der Waals surface area (Å²) in [5.41, 5.74) is 0.836. The average Bonchev–Trinajstić information content (AvgIpc) is 3.18. The average molecular weight is 373 g/mol. The molecule has 1 saturated carbocycles. The molecule has 0 unspecified atom stereocenters. The number of halogens is 2. The van der Waals surface area contributed by atoms with Crippen LogP contribution in [0, 0.1) is 24.1 Å². The third kappa shape index (κ3) is 2.47. The van der Waals surface area contributed by atoms with Crippen LogP contribution < -0.4 is 5.56 Å². The summed E-state index contributed by atoms with van der Waals surface area (Å²) in [5, 5.41) is 9.33. The Morgan fingerprint density at radius 3 is 2.58 bits per heavy atom. The Labute approximate surface area is 153 Å². The molecule has 7 heteroatoms. The van der Waals surface area contributed by atoms with Crippen LogP contribution in [0.3, 0.4) is 0 Å². The van der Waals surface area contributed by atoms with Crippen LogP contribution in [0.4, 0.5) is 4.39 Å². The molecule has 1 aromatic heterocycles. The molecule has 0 amide bonds. The first-order valence-electron chi connectivity index (χ1n) is 8.06. The van der Waals surface area contributed by atoms with Crippen molar-refractivity contribution in [2.24, 2.45) is 0 Å². The quantitative estimate of drug-likeness (QED) is 0.886. The molecule has 0 atom stereocenters. The lowest BCUT2D eigenvalue weighted by molar-refractivity contribution is -0.0529. The highest BCUT2D eigenvalue weighted by Crippen LogP contribution is 2.56. The van der Waals surface area contributed by atoms with E-state index in [2.05, 4.69) is 4.98 Å². The monoisotopic (exact) mass is 372 g/mol. The number of benzene rings is 1. The second kappa shape index (κ2) is 5.89. The number of nitrogens with zero attached hydrogens (tertiary/aromatic N) is 1. The molecule has 132 valence electrons. The second-order valence-corrected chi connectivity index (χ2v) is 6.92. The Morgan fingerprint density at radius 1 is 1.31 bits per heavy atom. The lowest BCUT2D eigenvalue weighted by Gasteiger charge is -2.24. The molecule has 0 radical (unpaired) electrons. The normalized spacial score (nSPS) is 17.5. The third-order valence-corrected chi connectivity index (χ3v) is 5.21. The predicted molar refractivity (Wildman–Crippen MR) is 92.9 cm³/mol. The van der Waals surface area contributed by atoms with Gasteiger partial charge < -0.3 is 14.5 Å². The van der Waals surface area contributed by atoms with Gasteiger partial charge in [-0.2, -0.15) is 5.26 Å². The number of aromatic amines is 1. The lowest BCUT2D eigenvalue weighted by atomic mass is 9.91. The molecule has 1 N–H and O–H groups in total. The Bertz CT molecular complexity index is 1000. The summed E-state index contributed by atoms with van der Waals surface area (Å²) >= 11 is 6.44. The number of hydrogen-bond acceptors (Lipinski definition) is 4. The molecule has 2 heterocycles. The zero-order valence-electron chi connectivity index (χ0n) is 13.8. The maximum absolute atomic E-state index is 15.0. The number of rotatable bonds is 3. The molecule has 2 aromatic rings. The van der Waals surface area contributed by atoms with E-state index in [9.17, 15) is 4.79 Å². The zero-order chi connectivity index (χ0) is 18.5. The Balaban J connectivity index is 1.81. The Hall–Kier alpha value is -2.78. The molecular formula is C19H14ClFN2O3. The van der Waals surface area contributed by atoms with E-state index in [4.69, 9.17) is 26.3 Å². The summed E-state index contributed by atoms with van der Waals surface area (Å²) in [6.07, 6.45) is 3.73. The molecule has 26 heavy (non-hydrogen) atoms. The summed E-state index contributed by atoms with van der Waals surface area (Å²) in [6, 6.07) is 6.29. The molecule has 4 rings (SSSR count). The fraction of sp³-hybridized carbons (Fsp3) is 0.263. The molecule has 1 aliphatic carbocycles. The van der Waals surface area contributed by atoms with Gasteiger partial charge in [-0.05, 0) is 43.5 Å². The molecule has 0 spiro atoms. The van der Waals surface area contributed by atoms with E-state index in [-0.39, 0.29) is 10.6 Å². The van der Waals surface area contributed by atoms with Gasteiger partial charge >= 0.3 is 0 Å². The summed E-state index contributed by atoms with van der Waals surface area (Å²) in [5.74, 6) is -0.465. The Morgan fingerprint density at radius 2 is 2.00 bits per heavy atom. The number of hydrogen-bond donors (Lipinski definition) is 1. The van der Waals surface area contributed by atoms with E-state index in [1.807, 2.05) is 6.07 Å². The van der Waals surface area contributed by atoms with Gasteiger partial charge in [0.1, 0.15) is 30.0 Å². The van der Waals surface area contributed by atoms with Gasteiger partial charge in [-0.25, -0.2) is 4.39 Å². The van der Waals surface area contributed by atoms with Crippen LogP contribution in [0.5, 0.6) is 0 Å². The van der Waals surface area contributed by atoms with Crippen LogP contribution in [-0.2, 0) is 14.9 Å². The van der Waals surface area contributed by atoms with Gasteiger partial charge in [-0.1, -0.05) is 11.6 Å². The van der Waals surface area contributed by atoms with Crippen molar-refractivity contribution in [3.8, 4) is 17.2 Å². The Kier molecular flexibility index (Phi) is 3.78. The van der Waals surface area contributed by atoms with Crippen molar-refractivity contribution in [1.82, 2.24) is 4.98 Å². The van der Waals surface area contributed by atoms with E-state index >= 15 is 4.39 Å². The van der Waals surface area contributed by atoms with Crippen molar-refractivity contribution < 1.29 is 13.9 Å². The van der Waals surface area contributed by atoms with E-state index in [1.54, 1.807) is 13.0 Å². The van der Waals surface area contributed by atoms with E-state index in [1.165, 1.54) is 24.7 Å². The number of ether oxygens (including phenoxy) is 2. The lowest BCUT2D eigenvalue weighted by Crippen LogP contribution is -2.28. The van der Waals surface area contributed by atoms with Crippen LogP contribution in [0.1, 0.15) is 29.7 Å². The standard InChI is InChI=1S/C19H14ClFN2O3/c1-10-13(6-12(9-22)17(24)23-10)11-7-14(20)16(15(21)8-11)19(2-3-19)18-25-4-5-26-18/h4-8,18H,2-3H2,1H3,(H,23,24). The third-order valence-electron chi connectivity index (χ3n) is 4.91. The molecule has 1 aromatic carbocycles. The first-order valence-corrected chi connectivity index (χ1v) is 8.44. The van der Waals surface area contributed by atoms with Gasteiger partial charge in [0.15, 0.2) is 0 Å². The molecule has 1 fully saturated rings. The molecule has 0 saturated heterocycles. The van der Waals surface area contributed by atoms with Crippen molar-refractivity contribution >= 4 is 11.6 Å². The van der Waals surface area contributed by atoms with Gasteiger partial charge in [0, 0.05) is 21.8 Å². The number of H-pyrrole nitrogens is 1. The van der Waals surface area contributed by atoms with E-state index in [0.29, 0.717) is 35.2 Å². The smallest absolute Gasteiger partial charge is 0.266 e. The van der Waals surface area contributed by atoms with Crippen LogP contribution in [0.15, 0.2) is 35.5 Å². The summed E-state index contributed by atoms with van der Waals surface area (Å²) in [6.45, 7) is 1.69. The van der Waals surface area contributed by atoms with Crippen LogP contribution in [0.2, 0.25) is 5.02 Å². The van der Waals surface area contributed by atoms with Crippen LogP contribution in [-0.4, -0.2) is 11.3 Å². The zero-order valence-corrected chi connectivity index (χ0v) is 14.6. The number of pyridine rings is 1. The van der Waals surface area contributed by atoms with Crippen molar-refractivity contribution in [3.63, 3.8) is 0 Å². The summed E-state index contributed by atoms with van der Waals surface area (Å²) in [4.78, 5) is 14.3. The van der Waals surface area contributed by atoms with Crippen LogP contribution >= 0.6 is 11.6 Å². The topological polar surface area (TPSA) is 75.1 Å². The highest BCUT2D eigenvalue weighted by Gasteiger charge is 2.57. The minimum Gasteiger partial charge on any atom is -0.458 e. The van der Waals surface area contributed by atoms with E-state index in [0.717, 1.165) is 0 Å². The fourth-order valence-electron chi connectivity index (χ4n) is 3.45. The van der Waals surface area contributed by atoms with Crippen molar-refractivity contribution in [2.45, 2.75) is 31.5 Å². The summed E-state index contributed by atoms with van der Waals surface area (Å²) in [7, 11) is 0. The number of nitrogens with one attached hydrogen (secondary N) is 1. The minimum atomic E-state index is -0.596.